The first kappa shape index (κ1) is 17.2. The van der Waals surface area contributed by atoms with E-state index in [2.05, 4.69) is 34.1 Å². The van der Waals surface area contributed by atoms with E-state index in [9.17, 15) is 9.59 Å². The fourth-order valence-electron chi connectivity index (χ4n) is 5.70. The molecule has 1 aromatic heterocycles. The van der Waals surface area contributed by atoms with Crippen molar-refractivity contribution >= 4 is 11.8 Å². The molecule has 4 aliphatic heterocycles. The number of H-pyrrole nitrogens is 1. The average Bonchev–Trinajstić information content (AvgIpc) is 3.29. The van der Waals surface area contributed by atoms with Gasteiger partial charge in [0.2, 0.25) is 0 Å². The fourth-order valence-corrected chi connectivity index (χ4v) is 5.70. The molecule has 4 fully saturated rings. The van der Waals surface area contributed by atoms with Gasteiger partial charge in [-0.3, -0.25) is 14.7 Å². The van der Waals surface area contributed by atoms with E-state index in [0.29, 0.717) is 11.4 Å². The molecule has 5 rings (SSSR count). The smallest absolute Gasteiger partial charge is 0.274 e. The van der Waals surface area contributed by atoms with Crippen LogP contribution < -0.4 is 0 Å². The molecule has 0 aliphatic carbocycles. The van der Waals surface area contributed by atoms with Crippen LogP contribution in [0.1, 0.15) is 46.7 Å². The molecule has 4 atom stereocenters. The summed E-state index contributed by atoms with van der Waals surface area (Å²) in [4.78, 5) is 34.7. The molecule has 4 unspecified atom stereocenters. The Bertz CT molecular complexity index is 675. The Hall–Kier alpha value is -1.93. The molecule has 4 saturated heterocycles. The third-order valence-corrected chi connectivity index (χ3v) is 6.83. The molecule has 0 radical (unpaired) electrons. The van der Waals surface area contributed by atoms with Crippen LogP contribution in [-0.2, 0) is 0 Å². The van der Waals surface area contributed by atoms with Crippen LogP contribution in [0.25, 0.3) is 0 Å². The topological polar surface area (TPSA) is 75.8 Å². The van der Waals surface area contributed by atoms with Crippen molar-refractivity contribution in [2.75, 3.05) is 40.3 Å². The van der Waals surface area contributed by atoms with Gasteiger partial charge in [0.05, 0.1) is 0 Å². The van der Waals surface area contributed by atoms with Crippen LogP contribution in [0.2, 0.25) is 0 Å². The highest BCUT2D eigenvalue weighted by atomic mass is 16.2. The first-order valence-corrected chi connectivity index (χ1v) is 10.1. The highest BCUT2D eigenvalue weighted by Gasteiger charge is 2.44. The zero-order valence-corrected chi connectivity index (χ0v) is 16.1. The lowest BCUT2D eigenvalue weighted by molar-refractivity contribution is 0.0462. The quantitative estimate of drug-likeness (QED) is 0.805. The molecule has 4 aliphatic rings. The van der Waals surface area contributed by atoms with Gasteiger partial charge in [-0.1, -0.05) is 0 Å². The summed E-state index contributed by atoms with van der Waals surface area (Å²) in [7, 11) is 4.23. The zero-order valence-electron chi connectivity index (χ0n) is 16.1. The van der Waals surface area contributed by atoms with E-state index in [0.717, 1.165) is 51.9 Å². The molecule has 27 heavy (non-hydrogen) atoms. The maximum Gasteiger partial charge on any atom is 0.274 e. The van der Waals surface area contributed by atoms with Crippen molar-refractivity contribution in [2.24, 2.45) is 0 Å². The second kappa shape index (κ2) is 6.31. The molecule has 0 spiro atoms. The third-order valence-electron chi connectivity index (χ3n) is 6.83. The van der Waals surface area contributed by atoms with Crippen molar-refractivity contribution < 1.29 is 9.59 Å². The normalized spacial score (nSPS) is 33.7. The van der Waals surface area contributed by atoms with Crippen LogP contribution in [0.4, 0.5) is 0 Å². The van der Waals surface area contributed by atoms with Crippen LogP contribution in [0, 0.1) is 0 Å². The van der Waals surface area contributed by atoms with Crippen molar-refractivity contribution in [3.05, 3.63) is 17.5 Å². The Kier molecular flexibility index (Phi) is 4.01. The molecule has 0 aromatic carbocycles. The molecular formula is C19H28N6O2. The predicted molar refractivity (Wildman–Crippen MR) is 99.5 cm³/mol. The van der Waals surface area contributed by atoms with Crippen LogP contribution in [0.5, 0.6) is 0 Å². The Morgan fingerprint density at radius 2 is 1.30 bits per heavy atom. The van der Waals surface area contributed by atoms with Gasteiger partial charge in [-0.25, -0.2) is 0 Å². The van der Waals surface area contributed by atoms with E-state index in [1.807, 2.05) is 9.80 Å². The van der Waals surface area contributed by atoms with Gasteiger partial charge in [-0.2, -0.15) is 5.10 Å². The summed E-state index contributed by atoms with van der Waals surface area (Å²) in [5, 5.41) is 7.07. The van der Waals surface area contributed by atoms with Gasteiger partial charge < -0.3 is 19.6 Å². The lowest BCUT2D eigenvalue weighted by Gasteiger charge is -2.39. The van der Waals surface area contributed by atoms with Crippen molar-refractivity contribution in [1.82, 2.24) is 29.8 Å². The first-order valence-electron chi connectivity index (χ1n) is 10.1. The van der Waals surface area contributed by atoms with Crippen molar-refractivity contribution in [3.63, 3.8) is 0 Å². The number of hydrogen-bond donors (Lipinski definition) is 1. The van der Waals surface area contributed by atoms with E-state index in [1.54, 1.807) is 6.07 Å². The zero-order chi connectivity index (χ0) is 18.7. The number of aromatic amines is 1. The number of fused-ring (bicyclic) bond motifs is 4. The van der Waals surface area contributed by atoms with E-state index in [4.69, 9.17) is 0 Å². The van der Waals surface area contributed by atoms with Crippen LogP contribution in [0.15, 0.2) is 6.07 Å². The van der Waals surface area contributed by atoms with Gasteiger partial charge in [0.1, 0.15) is 5.69 Å². The summed E-state index contributed by atoms with van der Waals surface area (Å²) in [6, 6.07) is 2.76. The Balaban J connectivity index is 1.33. The molecule has 1 N–H and O–H groups in total. The number of piperazine rings is 2. The minimum Gasteiger partial charge on any atom is -0.329 e. The van der Waals surface area contributed by atoms with Gasteiger partial charge >= 0.3 is 0 Å². The maximum atomic E-state index is 13.1. The second-order valence-corrected chi connectivity index (χ2v) is 8.80. The SMILES string of the molecule is CN1CC2CCC(C1)N2C(=O)c1cc(C(=O)N2C3CCC2CN(C)C3)[nH]n1. The summed E-state index contributed by atoms with van der Waals surface area (Å²) >= 11 is 0. The number of hydrogen-bond acceptors (Lipinski definition) is 5. The Morgan fingerprint density at radius 1 is 0.852 bits per heavy atom. The number of carbonyl (C=O) groups excluding carboxylic acids is 2. The molecular weight excluding hydrogens is 344 g/mol. The van der Waals surface area contributed by atoms with E-state index in [-0.39, 0.29) is 36.0 Å². The number of nitrogens with zero attached hydrogens (tertiary/aromatic N) is 5. The minimum absolute atomic E-state index is 0.0106. The van der Waals surface area contributed by atoms with Gasteiger partial charge in [-0.15, -0.1) is 0 Å². The summed E-state index contributed by atoms with van der Waals surface area (Å²) in [6.07, 6.45) is 4.24. The fraction of sp³-hybridized carbons (Fsp3) is 0.737. The molecule has 5 heterocycles. The van der Waals surface area contributed by atoms with Crippen molar-refractivity contribution in [2.45, 2.75) is 49.9 Å². The highest BCUT2D eigenvalue weighted by Crippen LogP contribution is 2.32. The Morgan fingerprint density at radius 3 is 1.78 bits per heavy atom. The number of nitrogens with one attached hydrogen (secondary N) is 1. The van der Waals surface area contributed by atoms with Gasteiger partial charge in [0.25, 0.3) is 11.8 Å². The number of aromatic nitrogens is 2. The number of likely N-dealkylation sites (N-methyl/N-ethyl adjacent to an activating group) is 2. The second-order valence-electron chi connectivity index (χ2n) is 8.80. The number of carbonyl (C=O) groups is 2. The average molecular weight is 372 g/mol. The standard InChI is InChI=1S/C19H28N6O2/c1-22-8-12-3-4-13(9-22)24(12)18(26)16-7-17(21-20-16)19(27)25-14-5-6-15(25)11-23(2)10-14/h7,12-15H,3-6,8-11H2,1-2H3,(H,20,21). The number of amides is 2. The van der Waals surface area contributed by atoms with Gasteiger partial charge in [0, 0.05) is 56.4 Å². The van der Waals surface area contributed by atoms with E-state index >= 15 is 0 Å². The van der Waals surface area contributed by atoms with Crippen LogP contribution in [0.3, 0.4) is 0 Å². The van der Waals surface area contributed by atoms with Gasteiger partial charge in [-0.05, 0) is 39.8 Å². The molecule has 2 amide bonds. The molecule has 8 heteroatoms. The lowest BCUT2D eigenvalue weighted by atomic mass is 10.1. The number of likely N-dealkylation sites (tertiary alicyclic amines) is 2. The summed E-state index contributed by atoms with van der Waals surface area (Å²) in [5.41, 5.74) is 0.822. The third kappa shape index (κ3) is 2.77. The van der Waals surface area contributed by atoms with Crippen LogP contribution in [-0.4, -0.2) is 106 Å². The van der Waals surface area contributed by atoms with Crippen molar-refractivity contribution in [3.8, 4) is 0 Å². The summed E-state index contributed by atoms with van der Waals surface area (Å²) in [6.45, 7) is 3.69. The molecule has 1 aromatic rings. The Labute approximate surface area is 159 Å². The van der Waals surface area contributed by atoms with Crippen molar-refractivity contribution in [1.29, 1.82) is 0 Å². The minimum atomic E-state index is -0.0350. The molecule has 0 saturated carbocycles. The highest BCUT2D eigenvalue weighted by molar-refractivity contribution is 5.98. The molecule has 8 nitrogen and oxygen atoms in total. The summed E-state index contributed by atoms with van der Waals surface area (Å²) < 4.78 is 0. The van der Waals surface area contributed by atoms with E-state index < -0.39 is 0 Å². The first-order chi connectivity index (χ1) is 13.0. The molecule has 4 bridgehead atoms. The largest absolute Gasteiger partial charge is 0.329 e. The van der Waals surface area contributed by atoms with E-state index in [1.165, 1.54) is 0 Å². The van der Waals surface area contributed by atoms with Crippen LogP contribution >= 0.6 is 0 Å². The lowest BCUT2D eigenvalue weighted by Crippen LogP contribution is -2.54. The monoisotopic (exact) mass is 372 g/mol. The molecule has 146 valence electrons. The predicted octanol–water partition coefficient (Wildman–Crippen LogP) is 0.247. The van der Waals surface area contributed by atoms with Gasteiger partial charge in [0.15, 0.2) is 5.69 Å². The summed E-state index contributed by atoms with van der Waals surface area (Å²) in [5.74, 6) is -0.0456. The number of rotatable bonds is 2. The maximum absolute atomic E-state index is 13.1.